The van der Waals surface area contributed by atoms with Gasteiger partial charge in [-0.25, -0.2) is 0 Å². The summed E-state index contributed by atoms with van der Waals surface area (Å²) in [4.78, 5) is 0. The number of nitrogens with zero attached hydrogens (tertiary/aromatic N) is 1. The molecule has 3 saturated heterocycles. The standard InChI is InChI=1S/C14H21NO2/c1-13(2)6-5-11(17-13)8-14(9-15)7-10-3-4-12(14)16-10/h10-12H,3-8H2,1-2H3. The van der Waals surface area contributed by atoms with Crippen LogP contribution in [0.2, 0.25) is 0 Å². The van der Waals surface area contributed by atoms with Crippen LogP contribution in [0.15, 0.2) is 0 Å². The molecule has 4 unspecified atom stereocenters. The molecule has 17 heavy (non-hydrogen) atoms. The maximum Gasteiger partial charge on any atom is 0.0884 e. The zero-order valence-electron chi connectivity index (χ0n) is 10.7. The van der Waals surface area contributed by atoms with E-state index in [4.69, 9.17) is 9.47 Å². The largest absolute Gasteiger partial charge is 0.373 e. The minimum Gasteiger partial charge on any atom is -0.373 e. The van der Waals surface area contributed by atoms with E-state index in [0.717, 1.165) is 38.5 Å². The topological polar surface area (TPSA) is 42.2 Å². The molecule has 0 radical (unpaired) electrons. The van der Waals surface area contributed by atoms with Crippen LogP contribution in [0, 0.1) is 16.7 Å². The Balaban J connectivity index is 1.70. The summed E-state index contributed by atoms with van der Waals surface area (Å²) < 4.78 is 11.9. The first-order valence-electron chi connectivity index (χ1n) is 6.78. The molecular formula is C14H21NO2. The van der Waals surface area contributed by atoms with Gasteiger partial charge in [-0.15, -0.1) is 0 Å². The van der Waals surface area contributed by atoms with E-state index in [1.54, 1.807) is 0 Å². The van der Waals surface area contributed by atoms with Crippen LogP contribution in [0.25, 0.3) is 0 Å². The molecule has 2 bridgehead atoms. The predicted molar refractivity (Wildman–Crippen MR) is 63.4 cm³/mol. The first-order valence-corrected chi connectivity index (χ1v) is 6.78. The Bertz CT molecular complexity index is 360. The van der Waals surface area contributed by atoms with E-state index in [2.05, 4.69) is 19.9 Å². The van der Waals surface area contributed by atoms with E-state index in [1.165, 1.54) is 0 Å². The minimum atomic E-state index is -0.256. The molecule has 3 aliphatic heterocycles. The van der Waals surface area contributed by atoms with Gasteiger partial charge in [-0.05, 0) is 52.4 Å². The van der Waals surface area contributed by atoms with Crippen LogP contribution in [-0.4, -0.2) is 23.9 Å². The van der Waals surface area contributed by atoms with Gasteiger partial charge < -0.3 is 9.47 Å². The summed E-state index contributed by atoms with van der Waals surface area (Å²) >= 11 is 0. The van der Waals surface area contributed by atoms with Crippen molar-refractivity contribution in [1.29, 1.82) is 5.26 Å². The molecule has 0 amide bonds. The molecule has 0 spiro atoms. The van der Waals surface area contributed by atoms with Crippen LogP contribution in [0.1, 0.15) is 52.4 Å². The maximum atomic E-state index is 9.54. The Kier molecular flexibility index (Phi) is 2.50. The zero-order valence-corrected chi connectivity index (χ0v) is 10.7. The monoisotopic (exact) mass is 235 g/mol. The Hall–Kier alpha value is -0.590. The summed E-state index contributed by atoms with van der Waals surface area (Å²) in [6.45, 7) is 4.28. The third-order valence-electron chi connectivity index (χ3n) is 4.68. The van der Waals surface area contributed by atoms with Gasteiger partial charge in [-0.3, -0.25) is 0 Å². The zero-order chi connectivity index (χ0) is 12.1. The van der Waals surface area contributed by atoms with Crippen molar-refractivity contribution in [2.45, 2.75) is 76.3 Å². The molecule has 3 nitrogen and oxygen atoms in total. The SMILES string of the molecule is CC1(C)CCC(CC2(C#N)CC3CCC2O3)O1. The Morgan fingerprint density at radius 3 is 2.59 bits per heavy atom. The lowest BCUT2D eigenvalue weighted by atomic mass is 9.71. The second-order valence-corrected chi connectivity index (χ2v) is 6.54. The summed E-state index contributed by atoms with van der Waals surface area (Å²) in [5, 5.41) is 9.54. The van der Waals surface area contributed by atoms with E-state index in [0.29, 0.717) is 6.10 Å². The van der Waals surface area contributed by atoms with Crippen LogP contribution in [0.4, 0.5) is 0 Å². The van der Waals surface area contributed by atoms with Crippen molar-refractivity contribution < 1.29 is 9.47 Å². The molecule has 3 aliphatic rings. The minimum absolute atomic E-state index is 0.000210. The molecule has 0 aromatic rings. The van der Waals surface area contributed by atoms with Crippen LogP contribution in [-0.2, 0) is 9.47 Å². The molecule has 0 aromatic heterocycles. The van der Waals surface area contributed by atoms with Crippen molar-refractivity contribution in [3.8, 4) is 6.07 Å². The van der Waals surface area contributed by atoms with Crippen LogP contribution in [0.3, 0.4) is 0 Å². The number of ether oxygens (including phenoxy) is 2. The number of hydrogen-bond acceptors (Lipinski definition) is 3. The molecule has 0 N–H and O–H groups in total. The fraction of sp³-hybridized carbons (Fsp3) is 0.929. The highest BCUT2D eigenvalue weighted by Crippen LogP contribution is 2.51. The summed E-state index contributed by atoms with van der Waals surface area (Å²) in [5.41, 5.74) is -0.256. The van der Waals surface area contributed by atoms with E-state index in [9.17, 15) is 5.26 Å². The summed E-state index contributed by atoms with van der Waals surface area (Å²) in [6.07, 6.45) is 6.97. The lowest BCUT2D eigenvalue weighted by Gasteiger charge is -2.31. The molecule has 0 saturated carbocycles. The summed E-state index contributed by atoms with van der Waals surface area (Å²) in [5.74, 6) is 0. The smallest absolute Gasteiger partial charge is 0.0884 e. The van der Waals surface area contributed by atoms with Crippen LogP contribution >= 0.6 is 0 Å². The van der Waals surface area contributed by atoms with E-state index >= 15 is 0 Å². The molecule has 3 heterocycles. The van der Waals surface area contributed by atoms with Crippen molar-refractivity contribution >= 4 is 0 Å². The third kappa shape index (κ3) is 1.88. The highest BCUT2D eigenvalue weighted by atomic mass is 16.5. The quantitative estimate of drug-likeness (QED) is 0.739. The van der Waals surface area contributed by atoms with Crippen molar-refractivity contribution in [1.82, 2.24) is 0 Å². The normalized spacial score (nSPS) is 47.2. The molecule has 0 aromatic carbocycles. The van der Waals surface area contributed by atoms with E-state index < -0.39 is 0 Å². The van der Waals surface area contributed by atoms with Gasteiger partial charge in [0.2, 0.25) is 0 Å². The fourth-order valence-corrected chi connectivity index (χ4v) is 3.81. The van der Waals surface area contributed by atoms with Gasteiger partial charge >= 0.3 is 0 Å². The van der Waals surface area contributed by atoms with Crippen molar-refractivity contribution in [2.75, 3.05) is 0 Å². The van der Waals surface area contributed by atoms with Gasteiger partial charge in [0.1, 0.15) is 0 Å². The van der Waals surface area contributed by atoms with Gasteiger partial charge in [-0.1, -0.05) is 0 Å². The lowest BCUT2D eigenvalue weighted by molar-refractivity contribution is -0.0373. The maximum absolute atomic E-state index is 9.54. The van der Waals surface area contributed by atoms with E-state index in [-0.39, 0.29) is 23.2 Å². The number of hydrogen-bond donors (Lipinski definition) is 0. The number of fused-ring (bicyclic) bond motifs is 2. The second-order valence-electron chi connectivity index (χ2n) is 6.54. The molecule has 94 valence electrons. The summed E-state index contributed by atoms with van der Waals surface area (Å²) in [6, 6.07) is 2.56. The van der Waals surface area contributed by atoms with Crippen LogP contribution in [0.5, 0.6) is 0 Å². The van der Waals surface area contributed by atoms with Crippen molar-refractivity contribution in [3.63, 3.8) is 0 Å². The highest BCUT2D eigenvalue weighted by molar-refractivity contribution is 5.13. The molecule has 3 heteroatoms. The average molecular weight is 235 g/mol. The molecule has 0 aliphatic carbocycles. The fourth-order valence-electron chi connectivity index (χ4n) is 3.81. The first kappa shape index (κ1) is 11.5. The van der Waals surface area contributed by atoms with Gasteiger partial charge in [0, 0.05) is 0 Å². The van der Waals surface area contributed by atoms with Gasteiger partial charge in [0.25, 0.3) is 0 Å². The number of nitriles is 1. The molecule has 4 atom stereocenters. The lowest BCUT2D eigenvalue weighted by Crippen LogP contribution is -2.35. The average Bonchev–Trinajstić information content (AvgIpc) is 2.93. The highest BCUT2D eigenvalue weighted by Gasteiger charge is 2.54. The third-order valence-corrected chi connectivity index (χ3v) is 4.68. The van der Waals surface area contributed by atoms with Gasteiger partial charge in [0.05, 0.1) is 35.4 Å². The number of rotatable bonds is 2. The molecule has 3 fully saturated rings. The molecule has 3 rings (SSSR count). The summed E-state index contributed by atoms with van der Waals surface area (Å²) in [7, 11) is 0. The van der Waals surface area contributed by atoms with Crippen molar-refractivity contribution in [3.05, 3.63) is 0 Å². The van der Waals surface area contributed by atoms with Crippen molar-refractivity contribution in [2.24, 2.45) is 5.41 Å². The Morgan fingerprint density at radius 2 is 2.12 bits per heavy atom. The first-order chi connectivity index (χ1) is 8.03. The predicted octanol–water partition coefficient (Wildman–Crippen LogP) is 2.80. The Labute approximate surface area is 103 Å². The van der Waals surface area contributed by atoms with Crippen LogP contribution < -0.4 is 0 Å². The second kappa shape index (κ2) is 3.70. The molecular weight excluding hydrogens is 214 g/mol. The Morgan fingerprint density at radius 1 is 1.29 bits per heavy atom. The van der Waals surface area contributed by atoms with Gasteiger partial charge in [-0.2, -0.15) is 5.26 Å². The van der Waals surface area contributed by atoms with E-state index in [1.807, 2.05) is 0 Å². The van der Waals surface area contributed by atoms with Gasteiger partial charge in [0.15, 0.2) is 0 Å².